The first-order chi connectivity index (χ1) is 14.5. The first-order valence-electron chi connectivity index (χ1n) is 9.25. The van der Waals surface area contributed by atoms with Crippen LogP contribution >= 0.6 is 0 Å². The summed E-state index contributed by atoms with van der Waals surface area (Å²) in [6.07, 6.45) is -0.610. The fraction of sp³-hybridized carbons (Fsp3) is 0.227. The SMILES string of the molecule is CCOC(=O)Nc1ccc2c(COC(=O)c3ccc(COC)cc3)cc(=O)oc2c1. The Labute approximate surface area is 172 Å². The van der Waals surface area contributed by atoms with Gasteiger partial charge in [-0.25, -0.2) is 14.4 Å². The maximum atomic E-state index is 12.3. The van der Waals surface area contributed by atoms with E-state index in [0.717, 1.165) is 5.56 Å². The lowest BCUT2D eigenvalue weighted by molar-refractivity contribution is 0.0473. The Kier molecular flexibility index (Phi) is 6.82. The summed E-state index contributed by atoms with van der Waals surface area (Å²) in [5.41, 5.74) is 1.90. The smallest absolute Gasteiger partial charge is 0.411 e. The summed E-state index contributed by atoms with van der Waals surface area (Å²) < 4.78 is 20.4. The third-order valence-electron chi connectivity index (χ3n) is 4.21. The summed E-state index contributed by atoms with van der Waals surface area (Å²) in [7, 11) is 1.60. The highest BCUT2D eigenvalue weighted by Gasteiger charge is 2.12. The van der Waals surface area contributed by atoms with Crippen LogP contribution in [0.3, 0.4) is 0 Å². The Morgan fingerprint density at radius 3 is 2.47 bits per heavy atom. The molecule has 0 bridgehead atoms. The van der Waals surface area contributed by atoms with Gasteiger partial charge in [0.05, 0.1) is 18.8 Å². The highest BCUT2D eigenvalue weighted by Crippen LogP contribution is 2.22. The summed E-state index contributed by atoms with van der Waals surface area (Å²) in [6.45, 7) is 2.28. The molecule has 8 nitrogen and oxygen atoms in total. The second-order valence-electron chi connectivity index (χ2n) is 6.35. The molecule has 8 heteroatoms. The van der Waals surface area contributed by atoms with Crippen molar-refractivity contribution in [2.24, 2.45) is 0 Å². The zero-order valence-electron chi connectivity index (χ0n) is 16.6. The highest BCUT2D eigenvalue weighted by atomic mass is 16.5. The minimum Gasteiger partial charge on any atom is -0.457 e. The van der Waals surface area contributed by atoms with E-state index in [9.17, 15) is 14.4 Å². The molecule has 1 N–H and O–H groups in total. The molecular formula is C22H21NO7. The van der Waals surface area contributed by atoms with Crippen LogP contribution in [0.2, 0.25) is 0 Å². The number of benzene rings is 2. The molecule has 0 saturated carbocycles. The number of ether oxygens (including phenoxy) is 3. The molecule has 1 aromatic heterocycles. The molecular weight excluding hydrogens is 390 g/mol. The van der Waals surface area contributed by atoms with Gasteiger partial charge in [-0.2, -0.15) is 0 Å². The van der Waals surface area contributed by atoms with E-state index < -0.39 is 17.7 Å². The molecule has 0 aliphatic carbocycles. The van der Waals surface area contributed by atoms with E-state index in [-0.39, 0.29) is 18.8 Å². The molecule has 0 atom stereocenters. The lowest BCUT2D eigenvalue weighted by atomic mass is 10.1. The molecule has 0 fully saturated rings. The number of fused-ring (bicyclic) bond motifs is 1. The van der Waals surface area contributed by atoms with Crippen molar-refractivity contribution in [2.75, 3.05) is 19.0 Å². The van der Waals surface area contributed by atoms with Crippen molar-refractivity contribution in [1.82, 2.24) is 0 Å². The monoisotopic (exact) mass is 411 g/mol. The van der Waals surface area contributed by atoms with Crippen molar-refractivity contribution in [1.29, 1.82) is 0 Å². The van der Waals surface area contributed by atoms with E-state index in [2.05, 4.69) is 5.32 Å². The fourth-order valence-electron chi connectivity index (χ4n) is 2.84. The molecule has 0 aliphatic heterocycles. The van der Waals surface area contributed by atoms with E-state index in [1.54, 1.807) is 50.4 Å². The number of carbonyl (C=O) groups excluding carboxylic acids is 2. The van der Waals surface area contributed by atoms with Gasteiger partial charge in [-0.05, 0) is 36.8 Å². The summed E-state index contributed by atoms with van der Waals surface area (Å²) in [5, 5.41) is 3.13. The van der Waals surface area contributed by atoms with Crippen LogP contribution in [-0.2, 0) is 27.4 Å². The van der Waals surface area contributed by atoms with Crippen molar-refractivity contribution < 1.29 is 28.2 Å². The van der Waals surface area contributed by atoms with Gasteiger partial charge in [0.2, 0.25) is 0 Å². The number of methoxy groups -OCH3 is 1. The predicted octanol–water partition coefficient (Wildman–Crippen LogP) is 3.86. The van der Waals surface area contributed by atoms with Crippen LogP contribution < -0.4 is 10.9 Å². The van der Waals surface area contributed by atoms with Crippen molar-refractivity contribution in [3.8, 4) is 0 Å². The van der Waals surface area contributed by atoms with Gasteiger partial charge in [0.1, 0.15) is 12.2 Å². The van der Waals surface area contributed by atoms with E-state index in [1.165, 1.54) is 12.1 Å². The second kappa shape index (κ2) is 9.71. The number of nitrogens with one attached hydrogen (secondary N) is 1. The van der Waals surface area contributed by atoms with Crippen LogP contribution in [0, 0.1) is 0 Å². The zero-order valence-corrected chi connectivity index (χ0v) is 16.6. The standard InChI is InChI=1S/C22H21NO7/c1-3-28-22(26)23-17-8-9-18-16(10-20(24)30-19(18)11-17)13-29-21(25)15-6-4-14(5-7-15)12-27-2/h4-11H,3,12-13H2,1-2H3,(H,23,26). The zero-order chi connectivity index (χ0) is 21.5. The minimum atomic E-state index is -0.610. The lowest BCUT2D eigenvalue weighted by Gasteiger charge is -2.09. The molecule has 30 heavy (non-hydrogen) atoms. The molecule has 0 spiro atoms. The Bertz CT molecular complexity index is 1100. The first kappa shape index (κ1) is 21.1. The van der Waals surface area contributed by atoms with Crippen LogP contribution in [0.1, 0.15) is 28.4 Å². The van der Waals surface area contributed by atoms with Gasteiger partial charge >= 0.3 is 17.7 Å². The minimum absolute atomic E-state index is 0.106. The number of rotatable bonds is 7. The number of amides is 1. The molecule has 2 aromatic carbocycles. The topological polar surface area (TPSA) is 104 Å². The van der Waals surface area contributed by atoms with Crippen LogP contribution in [-0.4, -0.2) is 25.8 Å². The molecule has 0 aliphatic rings. The van der Waals surface area contributed by atoms with E-state index in [4.69, 9.17) is 18.6 Å². The second-order valence-corrected chi connectivity index (χ2v) is 6.35. The Morgan fingerprint density at radius 2 is 1.77 bits per heavy atom. The molecule has 3 rings (SSSR count). The molecule has 0 saturated heterocycles. The normalized spacial score (nSPS) is 10.6. The van der Waals surface area contributed by atoms with Gasteiger partial charge in [0, 0.05) is 35.9 Å². The van der Waals surface area contributed by atoms with Gasteiger partial charge in [0.25, 0.3) is 0 Å². The number of hydrogen-bond donors (Lipinski definition) is 1. The summed E-state index contributed by atoms with van der Waals surface area (Å²) >= 11 is 0. The van der Waals surface area contributed by atoms with Crippen LogP contribution in [0.5, 0.6) is 0 Å². The van der Waals surface area contributed by atoms with Crippen LogP contribution in [0.25, 0.3) is 11.0 Å². The molecule has 1 heterocycles. The number of carbonyl (C=O) groups is 2. The third-order valence-corrected chi connectivity index (χ3v) is 4.21. The fourth-order valence-corrected chi connectivity index (χ4v) is 2.84. The molecule has 0 radical (unpaired) electrons. The highest BCUT2D eigenvalue weighted by molar-refractivity contribution is 5.91. The average molecular weight is 411 g/mol. The number of anilines is 1. The molecule has 1 amide bonds. The van der Waals surface area contributed by atoms with E-state index in [0.29, 0.717) is 28.8 Å². The number of esters is 1. The average Bonchev–Trinajstić information content (AvgIpc) is 2.72. The quantitative estimate of drug-likeness (QED) is 0.465. The molecule has 0 unspecified atom stereocenters. The summed E-state index contributed by atoms with van der Waals surface area (Å²) in [5.74, 6) is -0.513. The van der Waals surface area contributed by atoms with Crippen molar-refractivity contribution in [3.05, 3.63) is 75.6 Å². The predicted molar refractivity (Wildman–Crippen MR) is 109 cm³/mol. The van der Waals surface area contributed by atoms with Gasteiger partial charge in [-0.15, -0.1) is 0 Å². The van der Waals surface area contributed by atoms with Crippen molar-refractivity contribution in [2.45, 2.75) is 20.1 Å². The molecule has 3 aromatic rings. The maximum absolute atomic E-state index is 12.3. The number of hydrogen-bond acceptors (Lipinski definition) is 7. The Balaban J connectivity index is 1.76. The Morgan fingerprint density at radius 1 is 1.00 bits per heavy atom. The largest absolute Gasteiger partial charge is 0.457 e. The van der Waals surface area contributed by atoms with Crippen LogP contribution in [0.15, 0.2) is 57.7 Å². The lowest BCUT2D eigenvalue weighted by Crippen LogP contribution is -2.13. The van der Waals surface area contributed by atoms with Crippen LogP contribution in [0.4, 0.5) is 10.5 Å². The van der Waals surface area contributed by atoms with Gasteiger partial charge in [-0.3, -0.25) is 5.32 Å². The third kappa shape index (κ3) is 5.24. The van der Waals surface area contributed by atoms with Gasteiger partial charge in [0.15, 0.2) is 0 Å². The van der Waals surface area contributed by atoms with Gasteiger partial charge in [-0.1, -0.05) is 12.1 Å². The van der Waals surface area contributed by atoms with Gasteiger partial charge < -0.3 is 18.6 Å². The first-order valence-corrected chi connectivity index (χ1v) is 9.25. The van der Waals surface area contributed by atoms with E-state index in [1.807, 2.05) is 0 Å². The van der Waals surface area contributed by atoms with Crippen molar-refractivity contribution >= 4 is 28.7 Å². The summed E-state index contributed by atoms with van der Waals surface area (Å²) in [6, 6.07) is 13.0. The Hall–Kier alpha value is -3.65. The maximum Gasteiger partial charge on any atom is 0.411 e. The van der Waals surface area contributed by atoms with Crippen molar-refractivity contribution in [3.63, 3.8) is 0 Å². The molecule has 156 valence electrons. The summed E-state index contributed by atoms with van der Waals surface area (Å²) in [4.78, 5) is 35.8. The van der Waals surface area contributed by atoms with E-state index >= 15 is 0 Å².